The predicted octanol–water partition coefficient (Wildman–Crippen LogP) is 2.00. The Morgan fingerprint density at radius 3 is 2.50 bits per heavy atom. The molecule has 0 aromatic heterocycles. The average molecular weight is 247 g/mol. The van der Waals surface area contributed by atoms with E-state index in [9.17, 15) is 4.79 Å². The van der Waals surface area contributed by atoms with Crippen LogP contribution in [0.5, 0.6) is 0 Å². The van der Waals surface area contributed by atoms with Crippen LogP contribution >= 0.6 is 12.4 Å². The fourth-order valence-corrected chi connectivity index (χ4v) is 2.81. The van der Waals surface area contributed by atoms with E-state index < -0.39 is 0 Å². The van der Waals surface area contributed by atoms with Gasteiger partial charge in [0.15, 0.2) is 0 Å². The number of hydrogen-bond donors (Lipinski definition) is 2. The molecule has 2 heterocycles. The van der Waals surface area contributed by atoms with E-state index in [0.717, 1.165) is 25.7 Å². The molecule has 3 nitrogen and oxygen atoms in total. The Hall–Kier alpha value is -0.280. The van der Waals surface area contributed by atoms with Crippen molar-refractivity contribution in [1.29, 1.82) is 0 Å². The lowest BCUT2D eigenvalue weighted by atomic mass is 9.99. The molecule has 0 aliphatic carbocycles. The van der Waals surface area contributed by atoms with Gasteiger partial charge in [-0.1, -0.05) is 13.3 Å². The number of amides is 1. The Morgan fingerprint density at radius 1 is 1.31 bits per heavy atom. The minimum absolute atomic E-state index is 0. The van der Waals surface area contributed by atoms with E-state index >= 15 is 0 Å². The Bertz CT molecular complexity index is 223. The van der Waals surface area contributed by atoms with Crippen molar-refractivity contribution in [3.05, 3.63) is 0 Å². The van der Waals surface area contributed by atoms with Crippen LogP contribution in [0.2, 0.25) is 0 Å². The first-order valence-corrected chi connectivity index (χ1v) is 6.33. The average Bonchev–Trinajstić information content (AvgIpc) is 2.55. The molecule has 4 heteroatoms. The Kier molecular flexibility index (Phi) is 5.56. The smallest absolute Gasteiger partial charge is 0.220 e. The van der Waals surface area contributed by atoms with Crippen molar-refractivity contribution < 1.29 is 4.79 Å². The summed E-state index contributed by atoms with van der Waals surface area (Å²) in [5, 5.41) is 6.76. The van der Waals surface area contributed by atoms with Crippen LogP contribution in [0.4, 0.5) is 0 Å². The van der Waals surface area contributed by atoms with Gasteiger partial charge in [-0.3, -0.25) is 4.79 Å². The van der Waals surface area contributed by atoms with Crippen LogP contribution in [0.15, 0.2) is 0 Å². The number of nitrogens with one attached hydrogen (secondary N) is 2. The number of unbranched alkanes of at least 4 members (excludes halogenated alkanes) is 1. The maximum Gasteiger partial charge on any atom is 0.220 e. The molecule has 2 fully saturated rings. The van der Waals surface area contributed by atoms with E-state index in [1.165, 1.54) is 12.8 Å². The van der Waals surface area contributed by atoms with Crippen molar-refractivity contribution in [2.24, 2.45) is 0 Å². The van der Waals surface area contributed by atoms with E-state index in [0.29, 0.717) is 24.5 Å². The van der Waals surface area contributed by atoms with Crippen LogP contribution in [0.25, 0.3) is 0 Å². The third-order valence-electron chi connectivity index (χ3n) is 3.60. The number of hydrogen-bond acceptors (Lipinski definition) is 2. The molecule has 2 N–H and O–H groups in total. The highest BCUT2D eigenvalue weighted by atomic mass is 35.5. The van der Waals surface area contributed by atoms with Gasteiger partial charge in [-0.2, -0.15) is 0 Å². The quantitative estimate of drug-likeness (QED) is 0.797. The summed E-state index contributed by atoms with van der Waals surface area (Å²) in [5.74, 6) is 0.253. The van der Waals surface area contributed by atoms with Gasteiger partial charge in [0.1, 0.15) is 0 Å². The van der Waals surface area contributed by atoms with Gasteiger partial charge in [0.05, 0.1) is 0 Å². The van der Waals surface area contributed by atoms with Crippen LogP contribution in [-0.2, 0) is 4.79 Å². The molecular weight excluding hydrogens is 224 g/mol. The molecule has 0 spiro atoms. The highest BCUT2D eigenvalue weighted by Gasteiger charge is 2.33. The fraction of sp³-hybridized carbons (Fsp3) is 0.917. The summed E-state index contributed by atoms with van der Waals surface area (Å²) < 4.78 is 0. The molecule has 0 radical (unpaired) electrons. The first-order valence-electron chi connectivity index (χ1n) is 6.33. The summed E-state index contributed by atoms with van der Waals surface area (Å²) in [6, 6.07) is 1.77. The van der Waals surface area contributed by atoms with Crippen LogP contribution in [0.3, 0.4) is 0 Å². The van der Waals surface area contributed by atoms with Crippen molar-refractivity contribution in [2.75, 3.05) is 0 Å². The van der Waals surface area contributed by atoms with Crippen molar-refractivity contribution in [3.63, 3.8) is 0 Å². The van der Waals surface area contributed by atoms with Crippen LogP contribution in [0, 0.1) is 0 Å². The van der Waals surface area contributed by atoms with Crippen molar-refractivity contribution in [1.82, 2.24) is 10.6 Å². The zero-order valence-corrected chi connectivity index (χ0v) is 10.8. The molecule has 2 unspecified atom stereocenters. The number of rotatable bonds is 4. The SMILES string of the molecule is CCCCC(=O)NC1CC2CCC(C1)N2.Cl. The van der Waals surface area contributed by atoms with Gasteiger partial charge >= 0.3 is 0 Å². The van der Waals surface area contributed by atoms with E-state index in [4.69, 9.17) is 0 Å². The number of piperidine rings is 1. The third kappa shape index (κ3) is 3.63. The Morgan fingerprint density at radius 2 is 1.94 bits per heavy atom. The summed E-state index contributed by atoms with van der Waals surface area (Å²) in [6.07, 6.45) is 7.69. The topological polar surface area (TPSA) is 41.1 Å². The van der Waals surface area contributed by atoms with Crippen LogP contribution < -0.4 is 10.6 Å². The lowest BCUT2D eigenvalue weighted by Crippen LogP contribution is -2.47. The maximum atomic E-state index is 11.6. The lowest BCUT2D eigenvalue weighted by Gasteiger charge is -2.29. The second-order valence-electron chi connectivity index (χ2n) is 4.98. The van der Waals surface area contributed by atoms with E-state index in [-0.39, 0.29) is 18.3 Å². The molecule has 2 aliphatic heterocycles. The number of halogens is 1. The summed E-state index contributed by atoms with van der Waals surface area (Å²) >= 11 is 0. The van der Waals surface area contributed by atoms with Crippen molar-refractivity contribution in [2.45, 2.75) is 70.0 Å². The summed E-state index contributed by atoms with van der Waals surface area (Å²) in [4.78, 5) is 11.6. The number of carbonyl (C=O) groups is 1. The second-order valence-corrected chi connectivity index (χ2v) is 4.98. The minimum Gasteiger partial charge on any atom is -0.353 e. The molecule has 16 heavy (non-hydrogen) atoms. The minimum atomic E-state index is 0. The normalized spacial score (nSPS) is 31.9. The predicted molar refractivity (Wildman–Crippen MR) is 67.9 cm³/mol. The number of carbonyl (C=O) groups excluding carboxylic acids is 1. The molecule has 2 aliphatic rings. The third-order valence-corrected chi connectivity index (χ3v) is 3.60. The molecule has 0 saturated carbocycles. The van der Waals surface area contributed by atoms with E-state index in [1.54, 1.807) is 0 Å². The Balaban J connectivity index is 0.00000128. The molecule has 1 amide bonds. The zero-order valence-electron chi connectivity index (χ0n) is 10.00. The van der Waals surface area contributed by atoms with Gasteiger partial charge in [-0.25, -0.2) is 0 Å². The molecule has 0 aromatic carbocycles. The number of fused-ring (bicyclic) bond motifs is 2. The van der Waals surface area contributed by atoms with E-state index in [1.807, 2.05) is 0 Å². The first-order chi connectivity index (χ1) is 7.28. The summed E-state index contributed by atoms with van der Waals surface area (Å²) in [5.41, 5.74) is 0. The highest BCUT2D eigenvalue weighted by Crippen LogP contribution is 2.26. The monoisotopic (exact) mass is 246 g/mol. The zero-order chi connectivity index (χ0) is 10.7. The van der Waals surface area contributed by atoms with Crippen molar-refractivity contribution in [3.8, 4) is 0 Å². The maximum absolute atomic E-state index is 11.6. The molecular formula is C12H23ClN2O. The van der Waals surface area contributed by atoms with Crippen LogP contribution in [-0.4, -0.2) is 24.0 Å². The van der Waals surface area contributed by atoms with Gasteiger partial charge < -0.3 is 10.6 Å². The van der Waals surface area contributed by atoms with E-state index in [2.05, 4.69) is 17.6 Å². The summed E-state index contributed by atoms with van der Waals surface area (Å²) in [7, 11) is 0. The molecule has 94 valence electrons. The van der Waals surface area contributed by atoms with Gasteiger partial charge in [-0.15, -0.1) is 12.4 Å². The molecule has 2 bridgehead atoms. The van der Waals surface area contributed by atoms with Gasteiger partial charge in [0.2, 0.25) is 5.91 Å². The first kappa shape index (κ1) is 13.8. The standard InChI is InChI=1S/C12H22N2O.ClH/c1-2-3-4-12(15)14-11-7-9-5-6-10(8-11)13-9;/h9-11,13H,2-8H2,1H3,(H,14,15);1H. The Labute approximate surface area is 104 Å². The van der Waals surface area contributed by atoms with Gasteiger partial charge in [0, 0.05) is 24.5 Å². The second kappa shape index (κ2) is 6.45. The lowest BCUT2D eigenvalue weighted by molar-refractivity contribution is -0.122. The largest absolute Gasteiger partial charge is 0.353 e. The highest BCUT2D eigenvalue weighted by molar-refractivity contribution is 5.85. The van der Waals surface area contributed by atoms with Gasteiger partial charge in [0.25, 0.3) is 0 Å². The molecule has 0 aromatic rings. The fourth-order valence-electron chi connectivity index (χ4n) is 2.81. The molecule has 2 rings (SSSR count). The van der Waals surface area contributed by atoms with Gasteiger partial charge in [-0.05, 0) is 32.1 Å². The summed E-state index contributed by atoms with van der Waals surface area (Å²) in [6.45, 7) is 2.12. The van der Waals surface area contributed by atoms with Crippen LogP contribution in [0.1, 0.15) is 51.9 Å². The molecule has 2 saturated heterocycles. The van der Waals surface area contributed by atoms with Crippen molar-refractivity contribution >= 4 is 18.3 Å². The molecule has 2 atom stereocenters.